The quantitative estimate of drug-likeness (QED) is 0.189. The van der Waals surface area contributed by atoms with E-state index in [1.165, 1.54) is 0 Å². The van der Waals surface area contributed by atoms with Crippen molar-refractivity contribution in [1.29, 1.82) is 0 Å². The van der Waals surface area contributed by atoms with Gasteiger partial charge in [0.05, 0.1) is 11.4 Å². The SMILES string of the molecule is Cc1ccc(C(=O)c2cccc(-c3cc(-c4ccccc4)cc(-c4cccc(C(=O)c5ccc(C)cc5)c4)n3)c2)cc1. The lowest BCUT2D eigenvalue weighted by Gasteiger charge is -2.12. The van der Waals surface area contributed by atoms with Crippen molar-refractivity contribution in [2.24, 2.45) is 0 Å². The van der Waals surface area contributed by atoms with Crippen LogP contribution in [0.2, 0.25) is 0 Å². The predicted molar refractivity (Wildman–Crippen MR) is 170 cm³/mol. The van der Waals surface area contributed by atoms with Gasteiger partial charge in [-0.15, -0.1) is 0 Å². The lowest BCUT2D eigenvalue weighted by Crippen LogP contribution is -2.02. The van der Waals surface area contributed by atoms with Crippen molar-refractivity contribution >= 4 is 11.6 Å². The van der Waals surface area contributed by atoms with Crippen molar-refractivity contribution in [3.8, 4) is 33.6 Å². The fourth-order valence-electron chi connectivity index (χ4n) is 5.01. The van der Waals surface area contributed by atoms with Gasteiger partial charge in [-0.2, -0.15) is 0 Å². The molecule has 6 rings (SSSR count). The van der Waals surface area contributed by atoms with E-state index < -0.39 is 0 Å². The van der Waals surface area contributed by atoms with E-state index in [4.69, 9.17) is 4.98 Å². The Morgan fingerprint density at radius 1 is 0.405 bits per heavy atom. The summed E-state index contributed by atoms with van der Waals surface area (Å²) in [7, 11) is 0. The molecule has 3 nitrogen and oxygen atoms in total. The molecule has 6 aromatic rings. The number of benzene rings is 5. The van der Waals surface area contributed by atoms with Crippen LogP contribution in [0.3, 0.4) is 0 Å². The Morgan fingerprint density at radius 3 is 1.29 bits per heavy atom. The highest BCUT2D eigenvalue weighted by molar-refractivity contribution is 6.10. The van der Waals surface area contributed by atoms with Gasteiger partial charge in [-0.1, -0.05) is 126 Å². The molecule has 202 valence electrons. The smallest absolute Gasteiger partial charge is 0.193 e. The van der Waals surface area contributed by atoms with Gasteiger partial charge in [0, 0.05) is 33.4 Å². The summed E-state index contributed by atoms with van der Waals surface area (Å²) in [5, 5.41) is 0. The zero-order chi connectivity index (χ0) is 29.1. The van der Waals surface area contributed by atoms with E-state index >= 15 is 0 Å². The molecule has 1 aromatic heterocycles. The Morgan fingerprint density at radius 2 is 0.833 bits per heavy atom. The third-order valence-electron chi connectivity index (χ3n) is 7.40. The molecule has 0 amide bonds. The molecular formula is C39H29NO2. The number of ketones is 2. The highest BCUT2D eigenvalue weighted by Crippen LogP contribution is 2.31. The molecule has 0 radical (unpaired) electrons. The predicted octanol–water partition coefficient (Wildman–Crippen LogP) is 9.16. The van der Waals surface area contributed by atoms with Gasteiger partial charge in [0.1, 0.15) is 0 Å². The second-order valence-electron chi connectivity index (χ2n) is 10.5. The number of aromatic nitrogens is 1. The first-order chi connectivity index (χ1) is 20.4. The number of hydrogen-bond donors (Lipinski definition) is 0. The van der Waals surface area contributed by atoms with Crippen LogP contribution in [0, 0.1) is 13.8 Å². The minimum atomic E-state index is -0.0291. The molecule has 0 aliphatic heterocycles. The summed E-state index contributed by atoms with van der Waals surface area (Å²) in [6.07, 6.45) is 0. The van der Waals surface area contributed by atoms with Crippen LogP contribution in [0.4, 0.5) is 0 Å². The largest absolute Gasteiger partial charge is 0.289 e. The van der Waals surface area contributed by atoms with E-state index in [1.54, 1.807) is 0 Å². The standard InChI is InChI=1S/C39H29NO2/c1-26-14-18-29(19-15-26)38(41)33-12-6-10-31(22-33)36-24-35(28-8-4-3-5-9-28)25-37(40-36)32-11-7-13-34(23-32)39(42)30-20-16-27(2)17-21-30/h3-25H,1-2H3. The third-order valence-corrected chi connectivity index (χ3v) is 7.40. The maximum absolute atomic E-state index is 13.3. The highest BCUT2D eigenvalue weighted by atomic mass is 16.1. The summed E-state index contributed by atoms with van der Waals surface area (Å²) in [5.41, 5.74) is 9.99. The number of aryl methyl sites for hydroxylation is 2. The van der Waals surface area contributed by atoms with Crippen LogP contribution in [-0.2, 0) is 0 Å². The summed E-state index contributed by atoms with van der Waals surface area (Å²) >= 11 is 0. The molecule has 3 heteroatoms. The number of carbonyl (C=O) groups excluding carboxylic acids is 2. The lowest BCUT2D eigenvalue weighted by molar-refractivity contribution is 0.103. The van der Waals surface area contributed by atoms with Crippen LogP contribution in [0.15, 0.2) is 140 Å². The molecule has 0 bridgehead atoms. The first-order valence-corrected chi connectivity index (χ1v) is 14.0. The normalized spacial score (nSPS) is 10.8. The van der Waals surface area contributed by atoms with Crippen LogP contribution < -0.4 is 0 Å². The molecule has 0 saturated heterocycles. The minimum absolute atomic E-state index is 0.0291. The van der Waals surface area contributed by atoms with Crippen molar-refractivity contribution in [3.05, 3.63) is 173 Å². The van der Waals surface area contributed by atoms with Gasteiger partial charge in [0.25, 0.3) is 0 Å². The van der Waals surface area contributed by atoms with Crippen LogP contribution >= 0.6 is 0 Å². The zero-order valence-electron chi connectivity index (χ0n) is 23.5. The molecule has 1 heterocycles. The van der Waals surface area contributed by atoms with Gasteiger partial charge in [-0.3, -0.25) is 9.59 Å². The Kier molecular flexibility index (Phi) is 7.40. The maximum Gasteiger partial charge on any atom is 0.193 e. The van der Waals surface area contributed by atoms with Crippen molar-refractivity contribution in [2.75, 3.05) is 0 Å². The Hall–Kier alpha value is -5.41. The number of rotatable bonds is 7. The molecule has 0 atom stereocenters. The summed E-state index contributed by atoms with van der Waals surface area (Å²) in [5.74, 6) is -0.0581. The molecule has 0 aliphatic carbocycles. The van der Waals surface area contributed by atoms with Crippen molar-refractivity contribution < 1.29 is 9.59 Å². The molecule has 0 N–H and O–H groups in total. The second-order valence-corrected chi connectivity index (χ2v) is 10.5. The number of carbonyl (C=O) groups is 2. The topological polar surface area (TPSA) is 47.0 Å². The molecular weight excluding hydrogens is 514 g/mol. The summed E-state index contributed by atoms with van der Waals surface area (Å²) < 4.78 is 0. The molecule has 0 saturated carbocycles. The van der Waals surface area contributed by atoms with E-state index in [0.29, 0.717) is 22.3 Å². The van der Waals surface area contributed by atoms with E-state index in [2.05, 4.69) is 24.3 Å². The van der Waals surface area contributed by atoms with Crippen molar-refractivity contribution in [1.82, 2.24) is 4.98 Å². The van der Waals surface area contributed by atoms with Crippen molar-refractivity contribution in [2.45, 2.75) is 13.8 Å². The van der Waals surface area contributed by atoms with Gasteiger partial charge in [-0.25, -0.2) is 4.98 Å². The third kappa shape index (κ3) is 5.72. The van der Waals surface area contributed by atoms with Gasteiger partial charge in [0.15, 0.2) is 11.6 Å². The summed E-state index contributed by atoms with van der Waals surface area (Å²) in [4.78, 5) is 31.7. The van der Waals surface area contributed by atoms with Crippen LogP contribution in [0.5, 0.6) is 0 Å². The van der Waals surface area contributed by atoms with Gasteiger partial charge < -0.3 is 0 Å². The number of nitrogens with zero attached hydrogens (tertiary/aromatic N) is 1. The van der Waals surface area contributed by atoms with E-state index in [0.717, 1.165) is 44.8 Å². The monoisotopic (exact) mass is 543 g/mol. The second kappa shape index (κ2) is 11.6. The van der Waals surface area contributed by atoms with E-state index in [1.807, 2.05) is 129 Å². The Labute approximate surface area is 246 Å². The number of hydrogen-bond acceptors (Lipinski definition) is 3. The van der Waals surface area contributed by atoms with Crippen LogP contribution in [-0.4, -0.2) is 16.6 Å². The van der Waals surface area contributed by atoms with E-state index in [9.17, 15) is 9.59 Å². The molecule has 5 aromatic carbocycles. The summed E-state index contributed by atoms with van der Waals surface area (Å²) in [6.45, 7) is 4.01. The zero-order valence-corrected chi connectivity index (χ0v) is 23.5. The first kappa shape index (κ1) is 26.8. The fourth-order valence-corrected chi connectivity index (χ4v) is 5.01. The van der Waals surface area contributed by atoms with Gasteiger partial charge in [0.2, 0.25) is 0 Å². The van der Waals surface area contributed by atoms with Gasteiger partial charge in [-0.05, 0) is 49.2 Å². The molecule has 0 fully saturated rings. The Bertz CT molecular complexity index is 1780. The highest BCUT2D eigenvalue weighted by Gasteiger charge is 2.15. The molecule has 0 unspecified atom stereocenters. The number of pyridine rings is 1. The fraction of sp³-hybridized carbons (Fsp3) is 0.0513. The summed E-state index contributed by atoms with van der Waals surface area (Å²) in [6, 6.07) is 44.7. The van der Waals surface area contributed by atoms with Crippen LogP contribution in [0.1, 0.15) is 43.0 Å². The average Bonchev–Trinajstić information content (AvgIpc) is 3.05. The van der Waals surface area contributed by atoms with Gasteiger partial charge >= 0.3 is 0 Å². The molecule has 0 aliphatic rings. The Balaban J connectivity index is 1.43. The van der Waals surface area contributed by atoms with E-state index in [-0.39, 0.29) is 11.6 Å². The van der Waals surface area contributed by atoms with Crippen LogP contribution in [0.25, 0.3) is 33.6 Å². The maximum atomic E-state index is 13.3. The minimum Gasteiger partial charge on any atom is -0.289 e. The van der Waals surface area contributed by atoms with Crippen molar-refractivity contribution in [3.63, 3.8) is 0 Å². The lowest BCUT2D eigenvalue weighted by atomic mass is 9.96. The average molecular weight is 544 g/mol. The molecule has 0 spiro atoms. The first-order valence-electron chi connectivity index (χ1n) is 14.0. The molecule has 42 heavy (non-hydrogen) atoms.